The quantitative estimate of drug-likeness (QED) is 0.370. The van der Waals surface area contributed by atoms with Crippen LogP contribution in [-0.4, -0.2) is 36.6 Å². The summed E-state index contributed by atoms with van der Waals surface area (Å²) in [5.74, 6) is -2.09. The third-order valence-corrected chi connectivity index (χ3v) is 8.80. The van der Waals surface area contributed by atoms with Gasteiger partial charge in [0.2, 0.25) is 0 Å². The molecule has 176 valence electrons. The van der Waals surface area contributed by atoms with Gasteiger partial charge in [-0.15, -0.1) is 11.3 Å². The summed E-state index contributed by atoms with van der Waals surface area (Å²) in [5, 5.41) is 3.43. The van der Waals surface area contributed by atoms with Crippen molar-refractivity contribution >= 4 is 66.7 Å². The highest BCUT2D eigenvalue weighted by molar-refractivity contribution is 7.94. The number of benzene rings is 2. The Balaban J connectivity index is 1.59. The Bertz CT molecular complexity index is 1600. The molecule has 7 nitrogen and oxygen atoms in total. The number of rotatable bonds is 7. The maximum atomic E-state index is 14.9. The Hall–Kier alpha value is -2.79. The second-order valence-electron chi connectivity index (χ2n) is 7.34. The van der Waals surface area contributed by atoms with Crippen LogP contribution in [0, 0.1) is 5.82 Å². The van der Waals surface area contributed by atoms with Crippen LogP contribution in [0.2, 0.25) is 9.36 Å². The molecular formula is C22H16Cl2FN3O4S2. The van der Waals surface area contributed by atoms with Gasteiger partial charge in [-0.05, 0) is 42.0 Å². The van der Waals surface area contributed by atoms with Gasteiger partial charge in [-0.3, -0.25) is 14.2 Å². The number of halogens is 3. The minimum absolute atomic E-state index is 0.00231. The zero-order valence-corrected chi connectivity index (χ0v) is 20.7. The van der Waals surface area contributed by atoms with Gasteiger partial charge in [0.05, 0.1) is 31.6 Å². The van der Waals surface area contributed by atoms with E-state index in [1.165, 1.54) is 36.7 Å². The molecule has 0 saturated carbocycles. The average molecular weight is 540 g/mol. The maximum absolute atomic E-state index is 14.9. The van der Waals surface area contributed by atoms with Crippen molar-refractivity contribution < 1.29 is 17.6 Å². The molecule has 0 aliphatic carbocycles. The SMILES string of the molecule is CNc1cc2ncn(-c3ccc(CC(=O)CS(=O)(=O)c4ccc(Cl)s4)cc3F)c(=O)c2cc1Cl. The van der Waals surface area contributed by atoms with Gasteiger partial charge in [0.1, 0.15) is 22.1 Å². The molecule has 0 radical (unpaired) electrons. The van der Waals surface area contributed by atoms with Crippen molar-refractivity contribution in [1.29, 1.82) is 0 Å². The maximum Gasteiger partial charge on any atom is 0.265 e. The fourth-order valence-electron chi connectivity index (χ4n) is 3.39. The van der Waals surface area contributed by atoms with E-state index < -0.39 is 32.7 Å². The average Bonchev–Trinajstić information content (AvgIpc) is 3.22. The first kappa shape index (κ1) is 24.3. The van der Waals surface area contributed by atoms with Gasteiger partial charge in [-0.1, -0.05) is 29.3 Å². The van der Waals surface area contributed by atoms with Crippen molar-refractivity contribution in [1.82, 2.24) is 9.55 Å². The fraction of sp³-hybridized carbons (Fsp3) is 0.136. The zero-order valence-electron chi connectivity index (χ0n) is 17.5. The van der Waals surface area contributed by atoms with Gasteiger partial charge < -0.3 is 5.32 Å². The summed E-state index contributed by atoms with van der Waals surface area (Å²) in [5.41, 5.74) is 0.687. The third-order valence-electron chi connectivity index (χ3n) is 5.00. The number of hydrogen-bond donors (Lipinski definition) is 1. The predicted octanol–water partition coefficient (Wildman–Crippen LogP) is 4.52. The number of carbonyl (C=O) groups is 1. The van der Waals surface area contributed by atoms with E-state index in [2.05, 4.69) is 10.3 Å². The number of Topliss-reactive ketones (excluding diaryl/α,β-unsaturated/α-hetero) is 1. The number of fused-ring (bicyclic) bond motifs is 1. The molecule has 0 atom stereocenters. The summed E-state index contributed by atoms with van der Waals surface area (Å²) >= 11 is 12.8. The minimum Gasteiger partial charge on any atom is -0.387 e. The number of aromatic nitrogens is 2. The van der Waals surface area contributed by atoms with E-state index in [0.29, 0.717) is 20.6 Å². The summed E-state index contributed by atoms with van der Waals surface area (Å²) in [6, 6.07) is 9.74. The summed E-state index contributed by atoms with van der Waals surface area (Å²) in [7, 11) is -2.15. The van der Waals surface area contributed by atoms with E-state index in [1.807, 2.05) is 0 Å². The summed E-state index contributed by atoms with van der Waals surface area (Å²) in [4.78, 5) is 29.5. The normalized spacial score (nSPS) is 11.6. The van der Waals surface area contributed by atoms with Crippen LogP contribution in [0.3, 0.4) is 0 Å². The highest BCUT2D eigenvalue weighted by atomic mass is 35.5. The summed E-state index contributed by atoms with van der Waals surface area (Å²) < 4.78 is 41.0. The topological polar surface area (TPSA) is 98.1 Å². The lowest BCUT2D eigenvalue weighted by Gasteiger charge is -2.11. The number of hydrogen-bond acceptors (Lipinski definition) is 7. The number of thiophene rings is 1. The molecule has 0 saturated heterocycles. The molecule has 0 aliphatic rings. The van der Waals surface area contributed by atoms with Crippen LogP contribution in [-0.2, 0) is 21.1 Å². The van der Waals surface area contributed by atoms with E-state index in [0.717, 1.165) is 22.0 Å². The van der Waals surface area contributed by atoms with Crippen molar-refractivity contribution in [2.75, 3.05) is 18.1 Å². The van der Waals surface area contributed by atoms with Crippen molar-refractivity contribution in [3.63, 3.8) is 0 Å². The van der Waals surface area contributed by atoms with Gasteiger partial charge >= 0.3 is 0 Å². The second kappa shape index (κ2) is 9.46. The van der Waals surface area contributed by atoms with Crippen LogP contribution in [0.4, 0.5) is 10.1 Å². The monoisotopic (exact) mass is 539 g/mol. The van der Waals surface area contributed by atoms with Crippen molar-refractivity contribution in [3.05, 3.63) is 79.9 Å². The van der Waals surface area contributed by atoms with Crippen LogP contribution in [0.5, 0.6) is 0 Å². The molecule has 0 fully saturated rings. The fourth-order valence-corrected chi connectivity index (χ4v) is 6.46. The largest absolute Gasteiger partial charge is 0.387 e. The van der Waals surface area contributed by atoms with Crippen molar-refractivity contribution in [2.24, 2.45) is 0 Å². The van der Waals surface area contributed by atoms with E-state index in [-0.39, 0.29) is 27.3 Å². The first-order valence-corrected chi connectivity index (χ1v) is 13.0. The first-order valence-electron chi connectivity index (χ1n) is 9.76. The molecule has 4 aromatic rings. The van der Waals surface area contributed by atoms with Crippen molar-refractivity contribution in [2.45, 2.75) is 10.6 Å². The van der Waals surface area contributed by atoms with E-state index in [4.69, 9.17) is 23.2 Å². The van der Waals surface area contributed by atoms with Crippen LogP contribution >= 0.6 is 34.5 Å². The lowest BCUT2D eigenvalue weighted by atomic mass is 10.1. The lowest BCUT2D eigenvalue weighted by Crippen LogP contribution is -2.20. The smallest absolute Gasteiger partial charge is 0.265 e. The first-order chi connectivity index (χ1) is 16.1. The van der Waals surface area contributed by atoms with Gasteiger partial charge in [-0.2, -0.15) is 0 Å². The van der Waals surface area contributed by atoms with Crippen LogP contribution in [0.25, 0.3) is 16.6 Å². The Labute approximate surface area is 207 Å². The van der Waals surface area contributed by atoms with Crippen LogP contribution in [0.1, 0.15) is 5.56 Å². The molecule has 2 aromatic heterocycles. The standard InChI is InChI=1S/C22H16Cl2FN3O4S2/c1-26-18-9-17-14(8-15(18)23)22(30)28(11-27-17)19-3-2-12(7-16(19)25)6-13(29)10-34(31,32)21-5-4-20(24)33-21/h2-5,7-9,11,26H,6,10H2,1H3. The number of sulfone groups is 1. The van der Waals surface area contributed by atoms with E-state index in [9.17, 15) is 22.4 Å². The Morgan fingerprint density at radius 2 is 1.94 bits per heavy atom. The van der Waals surface area contributed by atoms with Gasteiger partial charge in [-0.25, -0.2) is 17.8 Å². The van der Waals surface area contributed by atoms with Gasteiger partial charge in [0.25, 0.3) is 5.56 Å². The highest BCUT2D eigenvalue weighted by Crippen LogP contribution is 2.27. The Morgan fingerprint density at radius 3 is 2.59 bits per heavy atom. The number of carbonyl (C=O) groups excluding carboxylic acids is 1. The Kier molecular flexibility index (Phi) is 6.77. The van der Waals surface area contributed by atoms with Gasteiger partial charge in [0.15, 0.2) is 15.6 Å². The molecule has 34 heavy (non-hydrogen) atoms. The summed E-state index contributed by atoms with van der Waals surface area (Å²) in [6.07, 6.45) is 0.919. The van der Waals surface area contributed by atoms with Crippen LogP contribution < -0.4 is 10.9 Å². The lowest BCUT2D eigenvalue weighted by molar-refractivity contribution is -0.116. The van der Waals surface area contributed by atoms with Gasteiger partial charge in [0, 0.05) is 13.5 Å². The molecule has 0 amide bonds. The second-order valence-corrected chi connectivity index (χ2v) is 11.7. The number of nitrogens with one attached hydrogen (secondary N) is 1. The predicted molar refractivity (Wildman–Crippen MR) is 132 cm³/mol. The van der Waals surface area contributed by atoms with E-state index >= 15 is 0 Å². The molecule has 4 rings (SSSR count). The molecule has 0 aliphatic heterocycles. The molecule has 1 N–H and O–H groups in total. The van der Waals surface area contributed by atoms with E-state index in [1.54, 1.807) is 13.1 Å². The van der Waals surface area contributed by atoms with Crippen molar-refractivity contribution in [3.8, 4) is 5.69 Å². The molecule has 2 heterocycles. The Morgan fingerprint density at radius 1 is 1.18 bits per heavy atom. The molecular weight excluding hydrogens is 524 g/mol. The molecule has 0 spiro atoms. The zero-order chi connectivity index (χ0) is 24.6. The summed E-state index contributed by atoms with van der Waals surface area (Å²) in [6.45, 7) is 0. The molecule has 12 heteroatoms. The molecule has 0 unspecified atom stereocenters. The number of ketones is 1. The number of nitrogens with zero attached hydrogens (tertiary/aromatic N) is 2. The number of anilines is 1. The third kappa shape index (κ3) is 4.85. The van der Waals surface area contributed by atoms with Crippen LogP contribution in [0.15, 0.2) is 57.8 Å². The minimum atomic E-state index is -3.83. The highest BCUT2D eigenvalue weighted by Gasteiger charge is 2.22. The molecule has 2 aromatic carbocycles. The molecule has 0 bridgehead atoms.